The van der Waals surface area contributed by atoms with Crippen LogP contribution in [0.25, 0.3) is 11.1 Å². The van der Waals surface area contributed by atoms with Crippen molar-refractivity contribution in [2.24, 2.45) is 0 Å². The Labute approximate surface area is 136 Å². The van der Waals surface area contributed by atoms with Gasteiger partial charge in [-0.2, -0.15) is 5.26 Å². The molecule has 2 saturated heterocycles. The number of piperazine rings is 1. The molecule has 2 aliphatic heterocycles. The molecule has 2 aliphatic rings. The summed E-state index contributed by atoms with van der Waals surface area (Å²) in [4.78, 5) is 4.88. The molecular weight excluding hydrogens is 284 g/mol. The fourth-order valence-electron chi connectivity index (χ4n) is 3.98. The van der Waals surface area contributed by atoms with E-state index in [1.165, 1.54) is 6.42 Å². The van der Waals surface area contributed by atoms with Crippen molar-refractivity contribution in [3.8, 4) is 17.2 Å². The van der Waals surface area contributed by atoms with E-state index in [1.54, 1.807) is 0 Å². The summed E-state index contributed by atoms with van der Waals surface area (Å²) < 4.78 is 0. The monoisotopic (exact) mass is 304 g/mol. The second kappa shape index (κ2) is 5.29. The SMILES string of the molecule is CN1CC2CC1CN2c1ccc(-c2ccccc2C#N)cc1N. The van der Waals surface area contributed by atoms with Crippen LogP contribution in [-0.2, 0) is 0 Å². The van der Waals surface area contributed by atoms with Crippen molar-refractivity contribution in [1.82, 2.24) is 4.90 Å². The van der Waals surface area contributed by atoms with Crippen LogP contribution in [0.4, 0.5) is 11.4 Å². The molecule has 116 valence electrons. The average Bonchev–Trinajstić information content (AvgIpc) is 3.14. The summed E-state index contributed by atoms with van der Waals surface area (Å²) in [6.45, 7) is 2.17. The molecule has 2 aromatic rings. The third-order valence-corrected chi connectivity index (χ3v) is 5.21. The smallest absolute Gasteiger partial charge is 0.0998 e. The van der Waals surface area contributed by atoms with Gasteiger partial charge in [-0.15, -0.1) is 0 Å². The van der Waals surface area contributed by atoms with Gasteiger partial charge in [0.25, 0.3) is 0 Å². The second-order valence-corrected chi connectivity index (χ2v) is 6.57. The first-order valence-corrected chi connectivity index (χ1v) is 8.03. The van der Waals surface area contributed by atoms with Crippen molar-refractivity contribution < 1.29 is 0 Å². The normalized spacial score (nSPS) is 23.2. The number of rotatable bonds is 2. The molecular formula is C19H20N4. The number of nitrogens with two attached hydrogens (primary N) is 1. The van der Waals surface area contributed by atoms with E-state index < -0.39 is 0 Å². The molecule has 23 heavy (non-hydrogen) atoms. The van der Waals surface area contributed by atoms with E-state index in [1.807, 2.05) is 30.3 Å². The van der Waals surface area contributed by atoms with Gasteiger partial charge in [0.2, 0.25) is 0 Å². The Morgan fingerprint density at radius 1 is 1.13 bits per heavy atom. The molecule has 2 fully saturated rings. The van der Waals surface area contributed by atoms with Crippen molar-refractivity contribution in [3.63, 3.8) is 0 Å². The first-order chi connectivity index (χ1) is 11.2. The van der Waals surface area contributed by atoms with Gasteiger partial charge in [-0.25, -0.2) is 0 Å². The molecule has 0 spiro atoms. The maximum atomic E-state index is 9.28. The number of hydrogen-bond acceptors (Lipinski definition) is 4. The van der Waals surface area contributed by atoms with E-state index in [4.69, 9.17) is 5.73 Å². The Morgan fingerprint density at radius 2 is 1.96 bits per heavy atom. The first-order valence-electron chi connectivity index (χ1n) is 8.03. The highest BCUT2D eigenvalue weighted by Gasteiger charge is 2.41. The zero-order valence-electron chi connectivity index (χ0n) is 13.2. The van der Waals surface area contributed by atoms with Crippen LogP contribution >= 0.6 is 0 Å². The summed E-state index contributed by atoms with van der Waals surface area (Å²) in [7, 11) is 2.20. The molecule has 0 radical (unpaired) electrons. The van der Waals surface area contributed by atoms with Gasteiger partial charge in [0, 0.05) is 25.2 Å². The molecule has 4 rings (SSSR count). The lowest BCUT2D eigenvalue weighted by Gasteiger charge is -2.34. The predicted octanol–water partition coefficient (Wildman–Crippen LogP) is 2.70. The quantitative estimate of drug-likeness (QED) is 0.867. The molecule has 2 unspecified atom stereocenters. The number of nitrogen functional groups attached to an aromatic ring is 1. The van der Waals surface area contributed by atoms with Crippen LogP contribution in [0.5, 0.6) is 0 Å². The number of fused-ring (bicyclic) bond motifs is 2. The number of benzene rings is 2. The first kappa shape index (κ1) is 14.1. The van der Waals surface area contributed by atoms with Crippen LogP contribution in [0.2, 0.25) is 0 Å². The summed E-state index contributed by atoms with van der Waals surface area (Å²) in [6, 6.07) is 17.3. The van der Waals surface area contributed by atoms with E-state index in [-0.39, 0.29) is 0 Å². The summed E-state index contributed by atoms with van der Waals surface area (Å²) >= 11 is 0. The highest BCUT2D eigenvalue weighted by molar-refractivity contribution is 5.79. The third-order valence-electron chi connectivity index (χ3n) is 5.21. The lowest BCUT2D eigenvalue weighted by Crippen LogP contribution is -2.44. The van der Waals surface area contributed by atoms with Crippen LogP contribution in [-0.4, -0.2) is 37.1 Å². The van der Waals surface area contributed by atoms with Crippen molar-refractivity contribution in [1.29, 1.82) is 5.26 Å². The fraction of sp³-hybridized carbons (Fsp3) is 0.316. The van der Waals surface area contributed by atoms with Crippen LogP contribution in [0.3, 0.4) is 0 Å². The van der Waals surface area contributed by atoms with E-state index in [0.29, 0.717) is 17.6 Å². The minimum Gasteiger partial charge on any atom is -0.397 e. The molecule has 0 amide bonds. The van der Waals surface area contributed by atoms with Gasteiger partial charge in [0.05, 0.1) is 23.0 Å². The zero-order valence-corrected chi connectivity index (χ0v) is 13.2. The Bertz CT molecular complexity index is 790. The molecule has 0 aromatic heterocycles. The van der Waals surface area contributed by atoms with Crippen molar-refractivity contribution >= 4 is 11.4 Å². The molecule has 2 atom stereocenters. The molecule has 2 heterocycles. The van der Waals surface area contributed by atoms with E-state index in [0.717, 1.165) is 35.6 Å². The topological polar surface area (TPSA) is 56.3 Å². The van der Waals surface area contributed by atoms with E-state index in [2.05, 4.69) is 35.0 Å². The zero-order chi connectivity index (χ0) is 16.0. The Balaban J connectivity index is 1.67. The number of nitrogens with zero attached hydrogens (tertiary/aromatic N) is 3. The fourth-order valence-corrected chi connectivity index (χ4v) is 3.98. The molecule has 2 N–H and O–H groups in total. The van der Waals surface area contributed by atoms with Gasteiger partial charge >= 0.3 is 0 Å². The van der Waals surface area contributed by atoms with Crippen molar-refractivity contribution in [2.45, 2.75) is 18.5 Å². The lowest BCUT2D eigenvalue weighted by molar-refractivity contribution is 0.293. The molecule has 4 heteroatoms. The molecule has 4 nitrogen and oxygen atoms in total. The molecule has 0 aliphatic carbocycles. The number of likely N-dealkylation sites (N-methyl/N-ethyl adjacent to an activating group) is 1. The number of nitriles is 1. The summed E-state index contributed by atoms with van der Waals surface area (Å²) in [6.07, 6.45) is 1.23. The molecule has 0 saturated carbocycles. The lowest BCUT2D eigenvalue weighted by atomic mass is 9.99. The minimum atomic E-state index is 0.574. The minimum absolute atomic E-state index is 0.574. The maximum Gasteiger partial charge on any atom is 0.0998 e. The average molecular weight is 304 g/mol. The van der Waals surface area contributed by atoms with Gasteiger partial charge < -0.3 is 10.6 Å². The maximum absolute atomic E-state index is 9.28. The Hall–Kier alpha value is -2.51. The van der Waals surface area contributed by atoms with Crippen LogP contribution in [0.1, 0.15) is 12.0 Å². The van der Waals surface area contributed by atoms with Gasteiger partial charge in [-0.3, -0.25) is 4.90 Å². The predicted molar refractivity (Wildman–Crippen MR) is 93.2 cm³/mol. The van der Waals surface area contributed by atoms with E-state index >= 15 is 0 Å². The van der Waals surface area contributed by atoms with Crippen LogP contribution < -0.4 is 10.6 Å². The number of hydrogen-bond donors (Lipinski definition) is 1. The van der Waals surface area contributed by atoms with Crippen molar-refractivity contribution in [2.75, 3.05) is 30.8 Å². The summed E-state index contributed by atoms with van der Waals surface area (Å²) in [5, 5.41) is 9.28. The van der Waals surface area contributed by atoms with Gasteiger partial charge in [0.15, 0.2) is 0 Å². The van der Waals surface area contributed by atoms with Crippen LogP contribution in [0.15, 0.2) is 42.5 Å². The highest BCUT2D eigenvalue weighted by atomic mass is 15.3. The number of anilines is 2. The Kier molecular flexibility index (Phi) is 3.24. The molecule has 2 bridgehead atoms. The largest absolute Gasteiger partial charge is 0.397 e. The van der Waals surface area contributed by atoms with Gasteiger partial charge in [-0.1, -0.05) is 24.3 Å². The van der Waals surface area contributed by atoms with Gasteiger partial charge in [-0.05, 0) is 42.8 Å². The summed E-state index contributed by atoms with van der Waals surface area (Å²) in [5.74, 6) is 0. The number of likely N-dealkylation sites (tertiary alicyclic amines) is 1. The van der Waals surface area contributed by atoms with Gasteiger partial charge in [0.1, 0.15) is 0 Å². The highest BCUT2D eigenvalue weighted by Crippen LogP contribution is 2.38. The third kappa shape index (κ3) is 2.25. The van der Waals surface area contributed by atoms with Crippen molar-refractivity contribution in [3.05, 3.63) is 48.0 Å². The Morgan fingerprint density at radius 3 is 2.61 bits per heavy atom. The summed E-state index contributed by atoms with van der Waals surface area (Å²) in [5.41, 5.74) is 10.9. The second-order valence-electron chi connectivity index (χ2n) is 6.57. The van der Waals surface area contributed by atoms with Crippen LogP contribution in [0, 0.1) is 11.3 Å². The molecule has 2 aromatic carbocycles. The van der Waals surface area contributed by atoms with E-state index in [9.17, 15) is 5.26 Å². The standard InChI is InChI=1S/C19H20N4/c1-22-11-16-9-15(22)12-23(16)19-7-6-13(8-18(19)21)17-5-3-2-4-14(17)10-20/h2-8,15-16H,9,11-12,21H2,1H3.